The van der Waals surface area contributed by atoms with E-state index in [2.05, 4.69) is 5.10 Å². The molecular weight excluding hydrogens is 208 g/mol. The maximum atomic E-state index is 9.18. The highest BCUT2D eigenvalue weighted by Crippen LogP contribution is 2.18. The van der Waals surface area contributed by atoms with E-state index in [1.165, 1.54) is 6.20 Å². The average molecular weight is 228 g/mol. The highest BCUT2D eigenvalue weighted by molar-refractivity contribution is 5.56. The van der Waals surface area contributed by atoms with Crippen LogP contribution in [-0.4, -0.2) is 33.2 Å². The Bertz CT molecular complexity index is 327. The van der Waals surface area contributed by atoms with E-state index >= 15 is 0 Å². The number of hydrogen-bond acceptors (Lipinski definition) is 5. The Morgan fingerprint density at radius 2 is 2.06 bits per heavy atom. The van der Waals surface area contributed by atoms with Crippen LogP contribution in [0.25, 0.3) is 0 Å². The van der Waals surface area contributed by atoms with E-state index < -0.39 is 0 Å². The summed E-state index contributed by atoms with van der Waals surface area (Å²) in [5, 5.41) is 22.2. The van der Waals surface area contributed by atoms with E-state index in [9.17, 15) is 5.11 Å². The number of aromatic nitrogens is 2. The molecule has 6 N–H and O–H groups in total. The minimum Gasteiger partial charge on any atom is -0.396 e. The van der Waals surface area contributed by atoms with Gasteiger partial charge in [-0.05, 0) is 18.3 Å². The van der Waals surface area contributed by atoms with E-state index in [0.717, 1.165) is 0 Å². The predicted octanol–water partition coefficient (Wildman–Crippen LogP) is -0.325. The summed E-state index contributed by atoms with van der Waals surface area (Å²) in [6, 6.07) is 0. The second-order valence-electron chi connectivity index (χ2n) is 4.10. The number of aliphatic hydroxyl groups excluding tert-OH is 2. The molecule has 2 unspecified atom stereocenters. The van der Waals surface area contributed by atoms with Gasteiger partial charge in [0.15, 0.2) is 0 Å². The van der Waals surface area contributed by atoms with Crippen molar-refractivity contribution in [1.82, 2.24) is 9.78 Å². The number of nitrogen functional groups attached to an aromatic ring is 2. The molecule has 1 aromatic heterocycles. The quantitative estimate of drug-likeness (QED) is 0.533. The maximum absolute atomic E-state index is 9.18. The van der Waals surface area contributed by atoms with E-state index in [1.54, 1.807) is 4.68 Å². The molecule has 1 rings (SSSR count). The normalized spacial score (nSPS) is 14.9. The number of hydrogen-bond donors (Lipinski definition) is 4. The number of rotatable bonds is 6. The zero-order valence-electron chi connectivity index (χ0n) is 9.50. The standard InChI is InChI=1S/C10H20N4O2/c1-7(5-15)8(6-16)2-3-14-10(12)9(11)4-13-14/h4,7-8,15-16H,2-3,5-6,11-12H2,1H3. The van der Waals surface area contributed by atoms with E-state index in [0.29, 0.717) is 24.5 Å². The van der Waals surface area contributed by atoms with Crippen LogP contribution in [-0.2, 0) is 6.54 Å². The van der Waals surface area contributed by atoms with Crippen molar-refractivity contribution >= 4 is 11.5 Å². The van der Waals surface area contributed by atoms with Gasteiger partial charge in [0.1, 0.15) is 5.82 Å². The van der Waals surface area contributed by atoms with Crippen LogP contribution in [0.3, 0.4) is 0 Å². The van der Waals surface area contributed by atoms with E-state index in [4.69, 9.17) is 16.6 Å². The zero-order valence-corrected chi connectivity index (χ0v) is 9.50. The van der Waals surface area contributed by atoms with Crippen LogP contribution in [0, 0.1) is 11.8 Å². The van der Waals surface area contributed by atoms with Gasteiger partial charge in [0.05, 0.1) is 11.9 Å². The minimum atomic E-state index is 0.0508. The Morgan fingerprint density at radius 3 is 2.50 bits per heavy atom. The van der Waals surface area contributed by atoms with Gasteiger partial charge in [0.2, 0.25) is 0 Å². The van der Waals surface area contributed by atoms with Gasteiger partial charge in [-0.3, -0.25) is 0 Å². The number of anilines is 2. The van der Waals surface area contributed by atoms with Crippen LogP contribution < -0.4 is 11.5 Å². The number of nitrogens with zero attached hydrogens (tertiary/aromatic N) is 2. The fourth-order valence-electron chi connectivity index (χ4n) is 1.58. The molecular formula is C10H20N4O2. The van der Waals surface area contributed by atoms with Gasteiger partial charge in [-0.25, -0.2) is 4.68 Å². The lowest BCUT2D eigenvalue weighted by atomic mass is 9.92. The highest BCUT2D eigenvalue weighted by Gasteiger charge is 2.16. The van der Waals surface area contributed by atoms with Crippen molar-refractivity contribution in [2.24, 2.45) is 11.8 Å². The van der Waals surface area contributed by atoms with Gasteiger partial charge < -0.3 is 21.7 Å². The molecule has 16 heavy (non-hydrogen) atoms. The highest BCUT2D eigenvalue weighted by atomic mass is 16.3. The Balaban J connectivity index is 2.52. The van der Waals surface area contributed by atoms with Gasteiger partial charge in [-0.15, -0.1) is 0 Å². The van der Waals surface area contributed by atoms with Gasteiger partial charge in [-0.2, -0.15) is 5.10 Å². The molecule has 1 heterocycles. The smallest absolute Gasteiger partial charge is 0.145 e. The number of aliphatic hydroxyl groups is 2. The van der Waals surface area contributed by atoms with Crippen LogP contribution in [0.2, 0.25) is 0 Å². The SMILES string of the molecule is CC(CO)C(CO)CCn1ncc(N)c1N. The molecule has 0 bridgehead atoms. The van der Waals surface area contributed by atoms with Crippen LogP contribution in [0.15, 0.2) is 6.20 Å². The molecule has 0 aromatic carbocycles. The second-order valence-corrected chi connectivity index (χ2v) is 4.10. The molecule has 2 atom stereocenters. The van der Waals surface area contributed by atoms with Gasteiger partial charge in [-0.1, -0.05) is 6.92 Å². The molecule has 0 radical (unpaired) electrons. The molecule has 1 aromatic rings. The summed E-state index contributed by atoms with van der Waals surface area (Å²) >= 11 is 0. The first-order valence-corrected chi connectivity index (χ1v) is 5.38. The fraction of sp³-hybridized carbons (Fsp3) is 0.700. The first-order valence-electron chi connectivity index (χ1n) is 5.38. The third kappa shape index (κ3) is 2.86. The van der Waals surface area contributed by atoms with Crippen molar-refractivity contribution in [3.63, 3.8) is 0 Å². The summed E-state index contributed by atoms with van der Waals surface area (Å²) < 4.78 is 1.61. The molecule has 0 amide bonds. The van der Waals surface area contributed by atoms with E-state index in [1.807, 2.05) is 6.92 Å². The summed E-state index contributed by atoms with van der Waals surface area (Å²) in [4.78, 5) is 0. The monoisotopic (exact) mass is 228 g/mol. The Kier molecular flexibility index (Phi) is 4.57. The third-order valence-electron chi connectivity index (χ3n) is 2.95. The van der Waals surface area contributed by atoms with Crippen LogP contribution >= 0.6 is 0 Å². The van der Waals surface area contributed by atoms with Crippen molar-refractivity contribution in [3.05, 3.63) is 6.20 Å². The van der Waals surface area contributed by atoms with Crippen LogP contribution in [0.5, 0.6) is 0 Å². The summed E-state index contributed by atoms with van der Waals surface area (Å²) in [6.07, 6.45) is 2.22. The molecule has 0 fully saturated rings. The Hall–Kier alpha value is -1.27. The van der Waals surface area contributed by atoms with Gasteiger partial charge >= 0.3 is 0 Å². The van der Waals surface area contributed by atoms with Crippen molar-refractivity contribution in [1.29, 1.82) is 0 Å². The lowest BCUT2D eigenvalue weighted by molar-refractivity contribution is 0.120. The third-order valence-corrected chi connectivity index (χ3v) is 2.95. The first kappa shape index (κ1) is 12.8. The van der Waals surface area contributed by atoms with E-state index in [-0.39, 0.29) is 25.0 Å². The Labute approximate surface area is 94.9 Å². The van der Waals surface area contributed by atoms with Crippen molar-refractivity contribution < 1.29 is 10.2 Å². The largest absolute Gasteiger partial charge is 0.396 e. The number of nitrogens with two attached hydrogens (primary N) is 2. The molecule has 0 aliphatic heterocycles. The Morgan fingerprint density at radius 1 is 1.38 bits per heavy atom. The summed E-state index contributed by atoms with van der Waals surface area (Å²) in [5.74, 6) is 0.572. The molecule has 0 aliphatic rings. The molecule has 6 heteroatoms. The number of aryl methyl sites for hydroxylation is 1. The summed E-state index contributed by atoms with van der Waals surface area (Å²) in [6.45, 7) is 2.63. The summed E-state index contributed by atoms with van der Waals surface area (Å²) in [5.41, 5.74) is 11.7. The van der Waals surface area contributed by atoms with Crippen LogP contribution in [0.4, 0.5) is 11.5 Å². The average Bonchev–Trinajstić information content (AvgIpc) is 2.61. The van der Waals surface area contributed by atoms with Crippen molar-refractivity contribution in [2.45, 2.75) is 19.9 Å². The predicted molar refractivity (Wildman–Crippen MR) is 62.5 cm³/mol. The molecule has 0 spiro atoms. The second kappa shape index (κ2) is 5.72. The fourth-order valence-corrected chi connectivity index (χ4v) is 1.58. The first-order chi connectivity index (χ1) is 7.60. The molecule has 0 saturated carbocycles. The van der Waals surface area contributed by atoms with Crippen molar-refractivity contribution in [2.75, 3.05) is 24.7 Å². The zero-order chi connectivity index (χ0) is 12.1. The van der Waals surface area contributed by atoms with Crippen LogP contribution in [0.1, 0.15) is 13.3 Å². The summed E-state index contributed by atoms with van der Waals surface area (Å²) in [7, 11) is 0. The lowest BCUT2D eigenvalue weighted by Crippen LogP contribution is -2.21. The molecule has 92 valence electrons. The molecule has 0 saturated heterocycles. The van der Waals surface area contributed by atoms with Crippen molar-refractivity contribution in [3.8, 4) is 0 Å². The molecule has 6 nitrogen and oxygen atoms in total. The maximum Gasteiger partial charge on any atom is 0.145 e. The minimum absolute atomic E-state index is 0.0508. The molecule has 0 aliphatic carbocycles. The van der Waals surface area contributed by atoms with Gasteiger partial charge in [0, 0.05) is 19.8 Å². The lowest BCUT2D eigenvalue weighted by Gasteiger charge is -2.19. The van der Waals surface area contributed by atoms with Gasteiger partial charge in [0.25, 0.3) is 0 Å². The topological polar surface area (TPSA) is 110 Å².